The fraction of sp³-hybridized carbons (Fsp3) is 0.429. The molecular weight excluding hydrogens is 128 g/mol. The first-order valence-electron chi connectivity index (χ1n) is 3.09. The Morgan fingerprint density at radius 1 is 1.44 bits per heavy atom. The van der Waals surface area contributed by atoms with Gasteiger partial charge in [-0.05, 0) is 12.3 Å². The second kappa shape index (κ2) is 5.79. The highest BCUT2D eigenvalue weighted by atomic mass is 28.2. The van der Waals surface area contributed by atoms with Crippen LogP contribution < -0.4 is 0 Å². The van der Waals surface area contributed by atoms with Crippen molar-refractivity contribution >= 4 is 10.5 Å². The van der Waals surface area contributed by atoms with Crippen LogP contribution >= 0.6 is 0 Å². The van der Waals surface area contributed by atoms with E-state index in [1.165, 1.54) is 0 Å². The average Bonchev–Trinajstić information content (AvgIpc) is 1.91. The molecule has 9 heavy (non-hydrogen) atoms. The minimum atomic E-state index is 0.430. The standard InChI is InChI=1S/C7H14OSi/c1-3-7(4-2)5-6-8-9/h3-4,7H,1-2,5-6H2,9H3. The molecule has 0 N–H and O–H groups in total. The third-order valence-corrected chi connectivity index (χ3v) is 1.67. The Hall–Kier alpha value is -0.343. The van der Waals surface area contributed by atoms with Crippen molar-refractivity contribution in [2.24, 2.45) is 5.92 Å². The number of rotatable bonds is 5. The molecule has 0 rings (SSSR count). The average molecular weight is 142 g/mol. The summed E-state index contributed by atoms with van der Waals surface area (Å²) in [6, 6.07) is 0. The van der Waals surface area contributed by atoms with E-state index in [0.717, 1.165) is 23.5 Å². The van der Waals surface area contributed by atoms with Crippen LogP contribution in [0.4, 0.5) is 0 Å². The highest BCUT2D eigenvalue weighted by molar-refractivity contribution is 5.97. The summed E-state index contributed by atoms with van der Waals surface area (Å²) in [5.74, 6) is 0.430. The molecule has 0 amide bonds. The Balaban J connectivity index is 3.30. The van der Waals surface area contributed by atoms with E-state index in [2.05, 4.69) is 13.2 Å². The second-order valence-corrected chi connectivity index (χ2v) is 2.49. The highest BCUT2D eigenvalue weighted by Crippen LogP contribution is 2.03. The Morgan fingerprint density at radius 3 is 2.33 bits per heavy atom. The molecule has 0 bridgehead atoms. The molecule has 1 nitrogen and oxygen atoms in total. The van der Waals surface area contributed by atoms with Gasteiger partial charge >= 0.3 is 0 Å². The van der Waals surface area contributed by atoms with Gasteiger partial charge in [0.1, 0.15) is 10.5 Å². The summed E-state index contributed by atoms with van der Waals surface area (Å²) in [6.07, 6.45) is 4.82. The van der Waals surface area contributed by atoms with Gasteiger partial charge in [0, 0.05) is 6.61 Å². The van der Waals surface area contributed by atoms with Crippen LogP contribution in [0.1, 0.15) is 6.42 Å². The van der Waals surface area contributed by atoms with Crippen LogP contribution in [0.2, 0.25) is 0 Å². The monoisotopic (exact) mass is 142 g/mol. The molecule has 0 saturated heterocycles. The summed E-state index contributed by atoms with van der Waals surface area (Å²) in [5.41, 5.74) is 0. The van der Waals surface area contributed by atoms with Crippen LogP contribution in [0, 0.1) is 5.92 Å². The molecule has 0 fully saturated rings. The third-order valence-electron chi connectivity index (χ3n) is 1.26. The molecule has 0 spiro atoms. The predicted molar refractivity (Wildman–Crippen MR) is 44.4 cm³/mol. The van der Waals surface area contributed by atoms with Gasteiger partial charge in [0.15, 0.2) is 0 Å². The quantitative estimate of drug-likeness (QED) is 0.405. The van der Waals surface area contributed by atoms with Crippen LogP contribution in [-0.4, -0.2) is 17.1 Å². The molecule has 2 heteroatoms. The van der Waals surface area contributed by atoms with E-state index >= 15 is 0 Å². The lowest BCUT2D eigenvalue weighted by atomic mass is 10.1. The zero-order valence-electron chi connectivity index (χ0n) is 5.97. The van der Waals surface area contributed by atoms with Crippen LogP contribution in [0.15, 0.2) is 25.3 Å². The lowest BCUT2D eigenvalue weighted by Gasteiger charge is -2.03. The largest absolute Gasteiger partial charge is 0.428 e. The Labute approximate surface area is 60.0 Å². The maximum absolute atomic E-state index is 5.02. The first kappa shape index (κ1) is 8.66. The molecule has 0 aliphatic heterocycles. The van der Waals surface area contributed by atoms with Gasteiger partial charge in [-0.1, -0.05) is 12.2 Å². The fourth-order valence-corrected chi connectivity index (χ4v) is 0.822. The first-order valence-corrected chi connectivity index (χ1v) is 3.90. The van der Waals surface area contributed by atoms with Crippen LogP contribution in [0.5, 0.6) is 0 Å². The SMILES string of the molecule is C=CC(C=C)CCO[SiH3]. The molecule has 0 heterocycles. The van der Waals surface area contributed by atoms with Gasteiger partial charge in [-0.15, -0.1) is 13.2 Å². The van der Waals surface area contributed by atoms with Crippen LogP contribution in [-0.2, 0) is 4.43 Å². The third kappa shape index (κ3) is 4.18. The van der Waals surface area contributed by atoms with Crippen molar-refractivity contribution in [2.45, 2.75) is 6.42 Å². The number of allylic oxidation sites excluding steroid dienone is 2. The summed E-state index contributed by atoms with van der Waals surface area (Å²) >= 11 is 0. The Morgan fingerprint density at radius 2 is 2.00 bits per heavy atom. The van der Waals surface area contributed by atoms with Crippen LogP contribution in [0.3, 0.4) is 0 Å². The van der Waals surface area contributed by atoms with Crippen molar-refractivity contribution in [3.8, 4) is 0 Å². The molecule has 52 valence electrons. The van der Waals surface area contributed by atoms with E-state index in [4.69, 9.17) is 4.43 Å². The summed E-state index contributed by atoms with van der Waals surface area (Å²) < 4.78 is 5.02. The summed E-state index contributed by atoms with van der Waals surface area (Å²) in [5, 5.41) is 0. The Bertz CT molecular complexity index is 82.9. The maximum atomic E-state index is 5.02. The molecule has 0 aromatic rings. The van der Waals surface area contributed by atoms with Gasteiger partial charge in [0.05, 0.1) is 0 Å². The van der Waals surface area contributed by atoms with E-state index in [-0.39, 0.29) is 0 Å². The molecule has 0 unspecified atom stereocenters. The molecular formula is C7H14OSi. The molecule has 0 aromatic heterocycles. The van der Waals surface area contributed by atoms with Crippen molar-refractivity contribution in [3.05, 3.63) is 25.3 Å². The van der Waals surface area contributed by atoms with E-state index in [1.807, 2.05) is 12.2 Å². The minimum absolute atomic E-state index is 0.430. The van der Waals surface area contributed by atoms with Gasteiger partial charge in [-0.2, -0.15) is 0 Å². The van der Waals surface area contributed by atoms with Gasteiger partial charge in [0.2, 0.25) is 0 Å². The maximum Gasteiger partial charge on any atom is 0.145 e. The van der Waals surface area contributed by atoms with Gasteiger partial charge in [-0.25, -0.2) is 0 Å². The lowest BCUT2D eigenvalue weighted by Crippen LogP contribution is -1.97. The molecule has 0 aliphatic carbocycles. The molecule has 0 radical (unpaired) electrons. The zero-order chi connectivity index (χ0) is 7.11. The van der Waals surface area contributed by atoms with Crippen molar-refractivity contribution in [3.63, 3.8) is 0 Å². The molecule has 0 aliphatic rings. The Kier molecular flexibility index (Phi) is 5.57. The molecule has 0 saturated carbocycles. The van der Waals surface area contributed by atoms with E-state index < -0.39 is 0 Å². The van der Waals surface area contributed by atoms with Gasteiger partial charge in [-0.3, -0.25) is 0 Å². The van der Waals surface area contributed by atoms with E-state index in [1.54, 1.807) is 0 Å². The summed E-state index contributed by atoms with van der Waals surface area (Å²) in [4.78, 5) is 0. The van der Waals surface area contributed by atoms with Gasteiger partial charge in [0.25, 0.3) is 0 Å². The molecule has 0 aromatic carbocycles. The second-order valence-electron chi connectivity index (χ2n) is 1.92. The predicted octanol–water partition coefficient (Wildman–Crippen LogP) is 0.662. The normalized spacial score (nSPS) is 9.89. The minimum Gasteiger partial charge on any atom is -0.428 e. The van der Waals surface area contributed by atoms with Crippen molar-refractivity contribution in [1.82, 2.24) is 0 Å². The van der Waals surface area contributed by atoms with Crippen molar-refractivity contribution < 1.29 is 4.43 Å². The first-order chi connectivity index (χ1) is 4.35. The number of hydrogen-bond donors (Lipinski definition) is 0. The van der Waals surface area contributed by atoms with Crippen molar-refractivity contribution in [1.29, 1.82) is 0 Å². The van der Waals surface area contributed by atoms with Gasteiger partial charge < -0.3 is 4.43 Å². The summed E-state index contributed by atoms with van der Waals surface area (Å²) in [6.45, 7) is 8.18. The zero-order valence-corrected chi connectivity index (χ0v) is 7.97. The fourth-order valence-electron chi connectivity index (χ4n) is 0.586. The molecule has 0 atom stereocenters. The van der Waals surface area contributed by atoms with E-state index in [9.17, 15) is 0 Å². The van der Waals surface area contributed by atoms with Crippen molar-refractivity contribution in [2.75, 3.05) is 6.61 Å². The topological polar surface area (TPSA) is 9.23 Å². The van der Waals surface area contributed by atoms with E-state index in [0.29, 0.717) is 5.92 Å². The number of hydrogen-bond acceptors (Lipinski definition) is 1. The highest BCUT2D eigenvalue weighted by Gasteiger charge is 1.94. The lowest BCUT2D eigenvalue weighted by molar-refractivity contribution is 0.329. The summed E-state index contributed by atoms with van der Waals surface area (Å²) in [7, 11) is 0.831. The smallest absolute Gasteiger partial charge is 0.145 e. The van der Waals surface area contributed by atoms with Crippen LogP contribution in [0.25, 0.3) is 0 Å².